The molecule has 0 aliphatic rings. The van der Waals surface area contributed by atoms with Gasteiger partial charge in [-0.25, -0.2) is 0 Å². The maximum Gasteiger partial charge on any atom is 0.416 e. The summed E-state index contributed by atoms with van der Waals surface area (Å²) in [4.78, 5) is 12.1. The number of nitrogens with one attached hydrogen (secondary N) is 1. The number of rotatable bonds is 5. The van der Waals surface area contributed by atoms with Crippen LogP contribution in [0.4, 0.5) is 24.5 Å². The molecule has 2 aromatic rings. The van der Waals surface area contributed by atoms with Crippen LogP contribution in [-0.4, -0.2) is 13.0 Å². The summed E-state index contributed by atoms with van der Waals surface area (Å²) in [7, 11) is 1.50. The standard InChI is InChI=1S/C18H19F3N2O2/c1-11(12-3-5-13(6-4-12)18(19,20)21)9-17(24)23-14-7-8-16(25-2)15(22)10-14/h3-8,10-11H,9,22H2,1-2H3,(H,23,24). The molecule has 0 saturated carbocycles. The number of hydrogen-bond acceptors (Lipinski definition) is 3. The molecule has 134 valence electrons. The Morgan fingerprint density at radius 2 is 1.84 bits per heavy atom. The number of carbonyl (C=O) groups is 1. The number of hydrogen-bond donors (Lipinski definition) is 2. The van der Waals surface area contributed by atoms with E-state index in [2.05, 4.69) is 5.32 Å². The van der Waals surface area contributed by atoms with E-state index in [1.165, 1.54) is 19.2 Å². The first-order valence-corrected chi connectivity index (χ1v) is 7.61. The number of methoxy groups -OCH3 is 1. The van der Waals surface area contributed by atoms with E-state index in [4.69, 9.17) is 10.5 Å². The molecule has 1 atom stereocenters. The van der Waals surface area contributed by atoms with Crippen LogP contribution < -0.4 is 15.8 Å². The summed E-state index contributed by atoms with van der Waals surface area (Å²) in [5.74, 6) is 0.0333. The van der Waals surface area contributed by atoms with Crippen LogP contribution in [0.5, 0.6) is 5.75 Å². The van der Waals surface area contributed by atoms with Gasteiger partial charge in [0.05, 0.1) is 18.4 Å². The fourth-order valence-electron chi connectivity index (χ4n) is 2.42. The number of nitrogens with two attached hydrogens (primary N) is 1. The molecule has 0 fully saturated rings. The topological polar surface area (TPSA) is 64.3 Å². The molecule has 0 heterocycles. The minimum Gasteiger partial charge on any atom is -0.495 e. The van der Waals surface area contributed by atoms with Gasteiger partial charge in [-0.05, 0) is 41.8 Å². The third-order valence-electron chi connectivity index (χ3n) is 3.81. The number of anilines is 2. The third kappa shape index (κ3) is 4.89. The number of alkyl halides is 3. The summed E-state index contributed by atoms with van der Waals surface area (Å²) in [5.41, 5.74) is 6.67. The molecule has 0 bridgehead atoms. The van der Waals surface area contributed by atoms with Crippen molar-refractivity contribution >= 4 is 17.3 Å². The number of nitrogen functional groups attached to an aromatic ring is 1. The Morgan fingerprint density at radius 1 is 1.20 bits per heavy atom. The molecule has 7 heteroatoms. The normalized spacial score (nSPS) is 12.5. The molecule has 0 aromatic heterocycles. The van der Waals surface area contributed by atoms with Crippen LogP contribution in [0.2, 0.25) is 0 Å². The van der Waals surface area contributed by atoms with E-state index < -0.39 is 11.7 Å². The monoisotopic (exact) mass is 352 g/mol. The van der Waals surface area contributed by atoms with Crippen LogP contribution in [-0.2, 0) is 11.0 Å². The third-order valence-corrected chi connectivity index (χ3v) is 3.81. The summed E-state index contributed by atoms with van der Waals surface area (Å²) in [6.07, 6.45) is -4.23. The molecular formula is C18H19F3N2O2. The Hall–Kier alpha value is -2.70. The van der Waals surface area contributed by atoms with Gasteiger partial charge in [-0.15, -0.1) is 0 Å². The van der Waals surface area contributed by atoms with Gasteiger partial charge in [-0.3, -0.25) is 4.79 Å². The molecular weight excluding hydrogens is 333 g/mol. The van der Waals surface area contributed by atoms with Gasteiger partial charge in [0.25, 0.3) is 0 Å². The minimum atomic E-state index is -4.37. The van der Waals surface area contributed by atoms with Gasteiger partial charge < -0.3 is 15.8 Å². The predicted octanol–water partition coefficient (Wildman–Crippen LogP) is 4.43. The molecule has 1 amide bonds. The van der Waals surface area contributed by atoms with Crippen molar-refractivity contribution in [3.63, 3.8) is 0 Å². The van der Waals surface area contributed by atoms with Crippen molar-refractivity contribution < 1.29 is 22.7 Å². The molecule has 25 heavy (non-hydrogen) atoms. The highest BCUT2D eigenvalue weighted by Crippen LogP contribution is 2.31. The fraction of sp³-hybridized carbons (Fsp3) is 0.278. The lowest BCUT2D eigenvalue weighted by Crippen LogP contribution is -2.15. The zero-order chi connectivity index (χ0) is 18.6. The van der Waals surface area contributed by atoms with Gasteiger partial charge in [-0.1, -0.05) is 19.1 Å². The molecule has 4 nitrogen and oxygen atoms in total. The van der Waals surface area contributed by atoms with Crippen molar-refractivity contribution in [3.05, 3.63) is 53.6 Å². The van der Waals surface area contributed by atoms with Gasteiger partial charge in [0.15, 0.2) is 0 Å². The van der Waals surface area contributed by atoms with Crippen LogP contribution in [0.25, 0.3) is 0 Å². The predicted molar refractivity (Wildman–Crippen MR) is 90.5 cm³/mol. The molecule has 0 radical (unpaired) electrons. The lowest BCUT2D eigenvalue weighted by atomic mass is 9.96. The van der Waals surface area contributed by atoms with E-state index in [-0.39, 0.29) is 18.2 Å². The van der Waals surface area contributed by atoms with Crippen LogP contribution >= 0.6 is 0 Å². The van der Waals surface area contributed by atoms with Crippen molar-refractivity contribution in [1.29, 1.82) is 0 Å². The van der Waals surface area contributed by atoms with Gasteiger partial charge in [-0.2, -0.15) is 13.2 Å². The van der Waals surface area contributed by atoms with Crippen LogP contribution in [0.15, 0.2) is 42.5 Å². The minimum absolute atomic E-state index is 0.136. The Balaban J connectivity index is 1.99. The number of halogens is 3. The average Bonchev–Trinajstić information content (AvgIpc) is 2.54. The summed E-state index contributed by atoms with van der Waals surface area (Å²) >= 11 is 0. The van der Waals surface area contributed by atoms with Crippen molar-refractivity contribution in [2.45, 2.75) is 25.4 Å². The maximum atomic E-state index is 12.6. The SMILES string of the molecule is COc1ccc(NC(=O)CC(C)c2ccc(C(F)(F)F)cc2)cc1N. The zero-order valence-electron chi connectivity index (χ0n) is 13.9. The lowest BCUT2D eigenvalue weighted by molar-refractivity contribution is -0.137. The number of carbonyl (C=O) groups excluding carboxylic acids is 1. The van der Waals surface area contributed by atoms with Crippen molar-refractivity contribution in [2.75, 3.05) is 18.2 Å². The van der Waals surface area contributed by atoms with Gasteiger partial charge in [0.1, 0.15) is 5.75 Å². The van der Waals surface area contributed by atoms with E-state index in [9.17, 15) is 18.0 Å². The first-order valence-electron chi connectivity index (χ1n) is 7.61. The highest BCUT2D eigenvalue weighted by molar-refractivity contribution is 5.92. The molecule has 0 aliphatic heterocycles. The smallest absolute Gasteiger partial charge is 0.416 e. The maximum absolute atomic E-state index is 12.6. The van der Waals surface area contributed by atoms with E-state index in [0.717, 1.165) is 12.1 Å². The van der Waals surface area contributed by atoms with E-state index >= 15 is 0 Å². The number of benzene rings is 2. The molecule has 0 aliphatic carbocycles. The second kappa shape index (κ2) is 7.46. The van der Waals surface area contributed by atoms with Gasteiger partial charge in [0, 0.05) is 12.1 Å². The Morgan fingerprint density at radius 3 is 2.36 bits per heavy atom. The quantitative estimate of drug-likeness (QED) is 0.783. The summed E-state index contributed by atoms with van der Waals surface area (Å²) in [5, 5.41) is 2.72. The van der Waals surface area contributed by atoms with E-state index in [1.807, 2.05) is 0 Å². The second-order valence-electron chi connectivity index (χ2n) is 5.73. The Bertz CT molecular complexity index is 743. The van der Waals surface area contributed by atoms with E-state index in [1.54, 1.807) is 25.1 Å². The number of amides is 1. The first-order chi connectivity index (χ1) is 11.7. The van der Waals surface area contributed by atoms with Gasteiger partial charge >= 0.3 is 6.18 Å². The molecule has 0 saturated heterocycles. The molecule has 3 N–H and O–H groups in total. The summed E-state index contributed by atoms with van der Waals surface area (Å²) in [6, 6.07) is 9.72. The molecule has 1 unspecified atom stereocenters. The van der Waals surface area contributed by atoms with Crippen LogP contribution in [0.1, 0.15) is 30.4 Å². The summed E-state index contributed by atoms with van der Waals surface area (Å²) < 4.78 is 42.8. The first kappa shape index (κ1) is 18.6. The fourth-order valence-corrected chi connectivity index (χ4v) is 2.42. The van der Waals surface area contributed by atoms with Crippen molar-refractivity contribution in [3.8, 4) is 5.75 Å². The van der Waals surface area contributed by atoms with Gasteiger partial charge in [0.2, 0.25) is 5.91 Å². The lowest BCUT2D eigenvalue weighted by Gasteiger charge is -2.14. The van der Waals surface area contributed by atoms with E-state index in [0.29, 0.717) is 22.7 Å². The highest BCUT2D eigenvalue weighted by atomic mass is 19.4. The Labute approximate surface area is 143 Å². The zero-order valence-corrected chi connectivity index (χ0v) is 13.9. The largest absolute Gasteiger partial charge is 0.495 e. The number of ether oxygens (including phenoxy) is 1. The van der Waals surface area contributed by atoms with Crippen molar-refractivity contribution in [2.24, 2.45) is 0 Å². The molecule has 0 spiro atoms. The summed E-state index contributed by atoms with van der Waals surface area (Å²) in [6.45, 7) is 1.78. The van der Waals surface area contributed by atoms with Crippen LogP contribution in [0.3, 0.4) is 0 Å². The Kier molecular flexibility index (Phi) is 5.56. The highest BCUT2D eigenvalue weighted by Gasteiger charge is 2.30. The van der Waals surface area contributed by atoms with Crippen LogP contribution in [0, 0.1) is 0 Å². The molecule has 2 aromatic carbocycles. The second-order valence-corrected chi connectivity index (χ2v) is 5.73. The average molecular weight is 352 g/mol. The van der Waals surface area contributed by atoms with Crippen molar-refractivity contribution in [1.82, 2.24) is 0 Å². The molecule has 2 rings (SSSR count).